The van der Waals surface area contributed by atoms with Crippen LogP contribution in [0.4, 0.5) is 0 Å². The molecule has 0 aliphatic carbocycles. The number of hydrogen-bond acceptors (Lipinski definition) is 4. The standard InChI is InChI=1S/C13H25NO2S/c1-11(10-15-2)14-12-3-6-16-13(9-12)4-7-17-8-5-13/h11-12,14H,3-10H2,1-2H3. The van der Waals surface area contributed by atoms with Crippen LogP contribution >= 0.6 is 11.8 Å². The fraction of sp³-hybridized carbons (Fsp3) is 1.00. The molecule has 2 saturated heterocycles. The van der Waals surface area contributed by atoms with E-state index >= 15 is 0 Å². The van der Waals surface area contributed by atoms with Gasteiger partial charge in [0.1, 0.15) is 0 Å². The lowest BCUT2D eigenvalue weighted by atomic mass is 9.85. The maximum Gasteiger partial charge on any atom is 0.0713 e. The van der Waals surface area contributed by atoms with Gasteiger partial charge in [0, 0.05) is 25.8 Å². The van der Waals surface area contributed by atoms with E-state index in [1.54, 1.807) is 7.11 Å². The Morgan fingerprint density at radius 3 is 2.94 bits per heavy atom. The smallest absolute Gasteiger partial charge is 0.0713 e. The molecule has 0 radical (unpaired) electrons. The van der Waals surface area contributed by atoms with Crippen molar-refractivity contribution in [3.8, 4) is 0 Å². The number of methoxy groups -OCH3 is 1. The third-order valence-electron chi connectivity index (χ3n) is 3.83. The molecule has 0 aromatic carbocycles. The molecule has 2 aliphatic rings. The van der Waals surface area contributed by atoms with Gasteiger partial charge in [0.25, 0.3) is 0 Å². The van der Waals surface area contributed by atoms with Gasteiger partial charge < -0.3 is 14.8 Å². The van der Waals surface area contributed by atoms with Crippen molar-refractivity contribution < 1.29 is 9.47 Å². The first-order chi connectivity index (χ1) is 8.24. The summed E-state index contributed by atoms with van der Waals surface area (Å²) >= 11 is 2.07. The van der Waals surface area contributed by atoms with Crippen LogP contribution in [0, 0.1) is 0 Å². The fourth-order valence-electron chi connectivity index (χ4n) is 2.96. The molecule has 17 heavy (non-hydrogen) atoms. The molecule has 4 heteroatoms. The summed E-state index contributed by atoms with van der Waals surface area (Å²) in [7, 11) is 1.77. The zero-order chi connectivity index (χ0) is 12.1. The van der Waals surface area contributed by atoms with E-state index < -0.39 is 0 Å². The lowest BCUT2D eigenvalue weighted by molar-refractivity contribution is -0.0946. The lowest BCUT2D eigenvalue weighted by Gasteiger charge is -2.44. The number of ether oxygens (including phenoxy) is 2. The number of thioether (sulfide) groups is 1. The number of hydrogen-bond donors (Lipinski definition) is 1. The Kier molecular flexibility index (Phi) is 5.15. The van der Waals surface area contributed by atoms with E-state index in [0.717, 1.165) is 19.6 Å². The van der Waals surface area contributed by atoms with E-state index in [4.69, 9.17) is 9.47 Å². The second-order valence-electron chi connectivity index (χ2n) is 5.36. The summed E-state index contributed by atoms with van der Waals surface area (Å²) in [5, 5.41) is 3.68. The molecule has 0 amide bonds. The van der Waals surface area contributed by atoms with Crippen LogP contribution in [0.3, 0.4) is 0 Å². The van der Waals surface area contributed by atoms with Gasteiger partial charge in [-0.15, -0.1) is 0 Å². The molecule has 2 heterocycles. The van der Waals surface area contributed by atoms with Crippen LogP contribution in [0.5, 0.6) is 0 Å². The van der Waals surface area contributed by atoms with Gasteiger partial charge in [-0.25, -0.2) is 0 Å². The van der Waals surface area contributed by atoms with Crippen molar-refractivity contribution in [2.45, 2.75) is 50.3 Å². The minimum atomic E-state index is 0.188. The minimum absolute atomic E-state index is 0.188. The molecule has 3 nitrogen and oxygen atoms in total. The summed E-state index contributed by atoms with van der Waals surface area (Å²) in [6, 6.07) is 1.05. The third-order valence-corrected chi connectivity index (χ3v) is 4.82. The highest BCUT2D eigenvalue weighted by Crippen LogP contribution is 2.37. The van der Waals surface area contributed by atoms with Crippen molar-refractivity contribution in [1.82, 2.24) is 5.32 Å². The average Bonchev–Trinajstić information content (AvgIpc) is 2.30. The monoisotopic (exact) mass is 259 g/mol. The van der Waals surface area contributed by atoms with E-state index in [2.05, 4.69) is 24.0 Å². The van der Waals surface area contributed by atoms with Crippen LogP contribution in [0.15, 0.2) is 0 Å². The normalized spacial score (nSPS) is 30.4. The molecule has 100 valence electrons. The van der Waals surface area contributed by atoms with Crippen molar-refractivity contribution in [2.75, 3.05) is 31.8 Å². The van der Waals surface area contributed by atoms with Gasteiger partial charge in [-0.05, 0) is 44.1 Å². The van der Waals surface area contributed by atoms with Crippen LogP contribution < -0.4 is 5.32 Å². The van der Waals surface area contributed by atoms with Gasteiger partial charge in [-0.3, -0.25) is 0 Å². The molecular weight excluding hydrogens is 234 g/mol. The first kappa shape index (κ1) is 13.7. The second-order valence-corrected chi connectivity index (χ2v) is 6.58. The maximum atomic E-state index is 6.09. The van der Waals surface area contributed by atoms with Crippen LogP contribution in [0.2, 0.25) is 0 Å². The minimum Gasteiger partial charge on any atom is -0.383 e. The Hall–Kier alpha value is 0.230. The molecule has 0 bridgehead atoms. The molecule has 1 N–H and O–H groups in total. The second kappa shape index (κ2) is 6.41. The van der Waals surface area contributed by atoms with Gasteiger partial charge in [0.15, 0.2) is 0 Å². The molecule has 2 rings (SSSR count). The zero-order valence-electron chi connectivity index (χ0n) is 11.0. The Balaban J connectivity index is 1.83. The molecule has 1 spiro atoms. The maximum absolute atomic E-state index is 6.09. The quantitative estimate of drug-likeness (QED) is 0.837. The SMILES string of the molecule is COCC(C)NC1CCOC2(CCSCC2)C1. The van der Waals surface area contributed by atoms with Crippen molar-refractivity contribution in [1.29, 1.82) is 0 Å². The fourth-order valence-corrected chi connectivity index (χ4v) is 4.20. The highest BCUT2D eigenvalue weighted by molar-refractivity contribution is 7.99. The summed E-state index contributed by atoms with van der Waals surface area (Å²) in [4.78, 5) is 0. The van der Waals surface area contributed by atoms with Crippen LogP contribution in [0.1, 0.15) is 32.6 Å². The molecule has 2 aliphatic heterocycles. The summed E-state index contributed by atoms with van der Waals surface area (Å²) in [5.41, 5.74) is 0.188. The number of rotatable bonds is 4. The van der Waals surface area contributed by atoms with E-state index in [1.165, 1.54) is 30.8 Å². The topological polar surface area (TPSA) is 30.5 Å². The van der Waals surface area contributed by atoms with Gasteiger partial charge in [0.2, 0.25) is 0 Å². The Morgan fingerprint density at radius 1 is 1.47 bits per heavy atom. The molecule has 0 aromatic rings. The first-order valence-electron chi connectivity index (χ1n) is 6.71. The molecule has 2 atom stereocenters. The van der Waals surface area contributed by atoms with Crippen molar-refractivity contribution in [2.24, 2.45) is 0 Å². The van der Waals surface area contributed by atoms with Gasteiger partial charge in [0.05, 0.1) is 12.2 Å². The Bertz CT molecular complexity index is 226. The lowest BCUT2D eigenvalue weighted by Crippen LogP contribution is -2.51. The van der Waals surface area contributed by atoms with Gasteiger partial charge in [-0.2, -0.15) is 11.8 Å². The highest BCUT2D eigenvalue weighted by Gasteiger charge is 2.38. The van der Waals surface area contributed by atoms with E-state index in [1.807, 2.05) is 0 Å². The van der Waals surface area contributed by atoms with Crippen molar-refractivity contribution in [3.63, 3.8) is 0 Å². The summed E-state index contributed by atoms with van der Waals surface area (Å²) < 4.78 is 11.3. The van der Waals surface area contributed by atoms with Crippen molar-refractivity contribution in [3.05, 3.63) is 0 Å². The van der Waals surface area contributed by atoms with Crippen LogP contribution in [-0.4, -0.2) is 49.5 Å². The summed E-state index contributed by atoms with van der Waals surface area (Å²) in [6.45, 7) is 3.91. The summed E-state index contributed by atoms with van der Waals surface area (Å²) in [5.74, 6) is 2.53. The van der Waals surface area contributed by atoms with Crippen molar-refractivity contribution >= 4 is 11.8 Å². The van der Waals surface area contributed by atoms with Crippen LogP contribution in [-0.2, 0) is 9.47 Å². The average molecular weight is 259 g/mol. The molecule has 0 saturated carbocycles. The molecular formula is C13H25NO2S. The molecule has 2 unspecified atom stereocenters. The van der Waals surface area contributed by atoms with E-state index in [0.29, 0.717) is 12.1 Å². The van der Waals surface area contributed by atoms with E-state index in [-0.39, 0.29) is 5.60 Å². The van der Waals surface area contributed by atoms with Gasteiger partial charge >= 0.3 is 0 Å². The first-order valence-corrected chi connectivity index (χ1v) is 7.86. The molecule has 2 fully saturated rings. The predicted octanol–water partition coefficient (Wildman–Crippen LogP) is 2.06. The Morgan fingerprint density at radius 2 is 2.24 bits per heavy atom. The van der Waals surface area contributed by atoms with E-state index in [9.17, 15) is 0 Å². The van der Waals surface area contributed by atoms with Crippen LogP contribution in [0.25, 0.3) is 0 Å². The molecule has 0 aromatic heterocycles. The largest absolute Gasteiger partial charge is 0.383 e. The number of nitrogens with one attached hydrogen (secondary N) is 1. The summed E-state index contributed by atoms with van der Waals surface area (Å²) in [6.07, 6.45) is 4.79. The third kappa shape index (κ3) is 3.85. The predicted molar refractivity (Wildman–Crippen MR) is 72.7 cm³/mol. The van der Waals surface area contributed by atoms with Gasteiger partial charge in [-0.1, -0.05) is 0 Å². The Labute approximate surface area is 109 Å². The highest BCUT2D eigenvalue weighted by atomic mass is 32.2. The zero-order valence-corrected chi connectivity index (χ0v) is 11.9.